The van der Waals surface area contributed by atoms with Crippen molar-refractivity contribution in [3.8, 4) is 0 Å². The fraction of sp³-hybridized carbons (Fsp3) is 0.938. The highest BCUT2D eigenvalue weighted by Gasteiger charge is 2.25. The van der Waals surface area contributed by atoms with Gasteiger partial charge in [-0.05, 0) is 24.7 Å². The fourth-order valence-electron chi connectivity index (χ4n) is 2.40. The van der Waals surface area contributed by atoms with E-state index in [9.17, 15) is 4.79 Å². The molecular formula is C16H35N2O+. The molecule has 3 heteroatoms. The molecule has 0 aromatic rings. The fourth-order valence-corrected chi connectivity index (χ4v) is 2.40. The third-order valence-electron chi connectivity index (χ3n) is 3.83. The molecule has 0 aromatic carbocycles. The van der Waals surface area contributed by atoms with E-state index in [0.29, 0.717) is 12.3 Å². The Hall–Kier alpha value is -0.570. The maximum Gasteiger partial charge on any atom is 0.228 e. The van der Waals surface area contributed by atoms with Crippen LogP contribution in [0.5, 0.6) is 0 Å². The quantitative estimate of drug-likeness (QED) is 0.720. The van der Waals surface area contributed by atoms with Crippen molar-refractivity contribution in [1.82, 2.24) is 4.90 Å². The molecule has 0 aromatic heterocycles. The van der Waals surface area contributed by atoms with E-state index in [1.165, 1.54) is 12.8 Å². The van der Waals surface area contributed by atoms with Gasteiger partial charge in [0, 0.05) is 13.1 Å². The molecule has 0 aliphatic carbocycles. The molecule has 0 bridgehead atoms. The van der Waals surface area contributed by atoms with Gasteiger partial charge in [-0.1, -0.05) is 27.7 Å². The van der Waals surface area contributed by atoms with Crippen molar-refractivity contribution in [3.63, 3.8) is 0 Å². The largest absolute Gasteiger partial charge is 0.342 e. The van der Waals surface area contributed by atoms with Crippen LogP contribution >= 0.6 is 0 Å². The first-order valence-corrected chi connectivity index (χ1v) is 7.88. The molecule has 3 nitrogen and oxygen atoms in total. The van der Waals surface area contributed by atoms with Crippen molar-refractivity contribution in [3.05, 3.63) is 0 Å². The van der Waals surface area contributed by atoms with Gasteiger partial charge in [0.15, 0.2) is 0 Å². The molecule has 0 saturated carbocycles. The number of likely N-dealkylation sites (tertiary alicyclic amines) is 1. The minimum absolute atomic E-state index is 0.347. The molecule has 114 valence electrons. The lowest BCUT2D eigenvalue weighted by molar-refractivity contribution is -0.869. The van der Waals surface area contributed by atoms with E-state index in [0.717, 1.165) is 36.0 Å². The van der Waals surface area contributed by atoms with E-state index in [1.807, 2.05) is 13.8 Å². The zero-order valence-electron chi connectivity index (χ0n) is 14.2. The van der Waals surface area contributed by atoms with Crippen LogP contribution in [0.2, 0.25) is 0 Å². The van der Waals surface area contributed by atoms with Gasteiger partial charge in [-0.25, -0.2) is 0 Å². The van der Waals surface area contributed by atoms with E-state index >= 15 is 0 Å². The highest BCUT2D eigenvalue weighted by atomic mass is 16.2. The van der Waals surface area contributed by atoms with Gasteiger partial charge in [-0.3, -0.25) is 4.79 Å². The van der Waals surface area contributed by atoms with Crippen LogP contribution in [-0.4, -0.2) is 56.1 Å². The lowest BCUT2D eigenvalue weighted by Gasteiger charge is -2.34. The van der Waals surface area contributed by atoms with Crippen LogP contribution in [0.15, 0.2) is 0 Å². The lowest BCUT2D eigenvalue weighted by atomic mass is 9.86. The van der Waals surface area contributed by atoms with Crippen LogP contribution in [0.4, 0.5) is 0 Å². The summed E-state index contributed by atoms with van der Waals surface area (Å²) in [4.78, 5) is 14.1. The molecule has 0 N–H and O–H groups in total. The standard InChI is InChI=1S/C14H29N2O.C2H6/c1-12(2)13-6-9-15(10-7-13)14(17)8-11-16(3,4)5;1-2/h12-13H,6-11H2,1-5H3;1-2H3/q+1;. The number of hydrogen-bond donors (Lipinski definition) is 0. The summed E-state index contributed by atoms with van der Waals surface area (Å²) in [5.74, 6) is 1.93. The van der Waals surface area contributed by atoms with Crippen LogP contribution in [0.25, 0.3) is 0 Å². The predicted octanol–water partition coefficient (Wildman–Crippen LogP) is 3.00. The average Bonchev–Trinajstić information content (AvgIpc) is 2.37. The average molecular weight is 271 g/mol. The van der Waals surface area contributed by atoms with Crippen LogP contribution in [0.1, 0.15) is 47.0 Å². The zero-order chi connectivity index (χ0) is 15.1. The molecule has 1 saturated heterocycles. The summed E-state index contributed by atoms with van der Waals surface area (Å²) >= 11 is 0. The van der Waals surface area contributed by atoms with Gasteiger partial charge in [0.1, 0.15) is 0 Å². The topological polar surface area (TPSA) is 20.3 Å². The first kappa shape index (κ1) is 18.4. The Bertz CT molecular complexity index is 248. The van der Waals surface area contributed by atoms with Crippen molar-refractivity contribution in [2.45, 2.75) is 47.0 Å². The van der Waals surface area contributed by atoms with Crippen LogP contribution in [0.3, 0.4) is 0 Å². The molecule has 1 fully saturated rings. The molecule has 1 aliphatic heterocycles. The normalized spacial score (nSPS) is 17.2. The van der Waals surface area contributed by atoms with Crippen LogP contribution < -0.4 is 0 Å². The Morgan fingerprint density at radius 1 is 1.16 bits per heavy atom. The van der Waals surface area contributed by atoms with Crippen molar-refractivity contribution in [1.29, 1.82) is 0 Å². The number of hydrogen-bond acceptors (Lipinski definition) is 1. The second-order valence-corrected chi connectivity index (χ2v) is 6.73. The summed E-state index contributed by atoms with van der Waals surface area (Å²) in [5, 5.41) is 0. The zero-order valence-corrected chi connectivity index (χ0v) is 14.2. The molecular weight excluding hydrogens is 236 g/mol. The highest BCUT2D eigenvalue weighted by Crippen LogP contribution is 2.24. The van der Waals surface area contributed by atoms with Gasteiger partial charge in [-0.2, -0.15) is 0 Å². The van der Waals surface area contributed by atoms with Gasteiger partial charge < -0.3 is 9.38 Å². The molecule has 1 heterocycles. The summed E-state index contributed by atoms with van der Waals surface area (Å²) in [6.45, 7) is 11.5. The number of carbonyl (C=O) groups is 1. The summed E-state index contributed by atoms with van der Waals surface area (Å²) in [5.41, 5.74) is 0. The number of amides is 1. The minimum Gasteiger partial charge on any atom is -0.342 e. The van der Waals surface area contributed by atoms with Crippen LogP contribution in [0, 0.1) is 11.8 Å². The Morgan fingerprint density at radius 3 is 2.00 bits per heavy atom. The molecule has 1 rings (SSSR count). The van der Waals surface area contributed by atoms with Gasteiger partial charge in [0.2, 0.25) is 5.91 Å². The molecule has 1 aliphatic rings. The van der Waals surface area contributed by atoms with Crippen molar-refractivity contribution in [2.24, 2.45) is 11.8 Å². The Labute approximate surface area is 120 Å². The molecule has 0 unspecified atom stereocenters. The van der Waals surface area contributed by atoms with Crippen molar-refractivity contribution < 1.29 is 9.28 Å². The number of rotatable bonds is 4. The van der Waals surface area contributed by atoms with E-state index in [2.05, 4.69) is 39.9 Å². The number of carbonyl (C=O) groups excluding carboxylic acids is 1. The maximum atomic E-state index is 12.0. The maximum absolute atomic E-state index is 12.0. The van der Waals surface area contributed by atoms with E-state index in [-0.39, 0.29) is 0 Å². The molecule has 0 spiro atoms. The number of quaternary nitrogens is 1. The molecule has 0 radical (unpaired) electrons. The Kier molecular flexibility index (Phi) is 8.31. The monoisotopic (exact) mass is 271 g/mol. The van der Waals surface area contributed by atoms with Gasteiger partial charge in [0.05, 0.1) is 34.1 Å². The summed E-state index contributed by atoms with van der Waals surface area (Å²) < 4.78 is 0.869. The summed E-state index contributed by atoms with van der Waals surface area (Å²) in [7, 11) is 6.41. The van der Waals surface area contributed by atoms with E-state index in [4.69, 9.17) is 0 Å². The molecule has 19 heavy (non-hydrogen) atoms. The van der Waals surface area contributed by atoms with Gasteiger partial charge >= 0.3 is 0 Å². The Balaban J connectivity index is 0.00000154. The van der Waals surface area contributed by atoms with Crippen LogP contribution in [-0.2, 0) is 4.79 Å². The summed E-state index contributed by atoms with van der Waals surface area (Å²) in [6.07, 6.45) is 3.07. The lowest BCUT2D eigenvalue weighted by Crippen LogP contribution is -2.43. The van der Waals surface area contributed by atoms with Gasteiger partial charge in [-0.15, -0.1) is 0 Å². The second kappa shape index (κ2) is 8.57. The third kappa shape index (κ3) is 7.56. The van der Waals surface area contributed by atoms with Gasteiger partial charge in [0.25, 0.3) is 0 Å². The number of piperidine rings is 1. The van der Waals surface area contributed by atoms with Crippen molar-refractivity contribution in [2.75, 3.05) is 40.8 Å². The smallest absolute Gasteiger partial charge is 0.228 e. The van der Waals surface area contributed by atoms with E-state index < -0.39 is 0 Å². The number of nitrogens with zero attached hydrogens (tertiary/aromatic N) is 2. The molecule has 0 atom stereocenters. The SMILES string of the molecule is CC.CC(C)C1CCN(C(=O)CC[N+](C)(C)C)CC1. The second-order valence-electron chi connectivity index (χ2n) is 6.73. The third-order valence-corrected chi connectivity index (χ3v) is 3.83. The molecule has 1 amide bonds. The predicted molar refractivity (Wildman–Crippen MR) is 83.0 cm³/mol. The summed E-state index contributed by atoms with van der Waals surface area (Å²) in [6, 6.07) is 0. The first-order valence-electron chi connectivity index (χ1n) is 7.88. The first-order chi connectivity index (χ1) is 8.79. The van der Waals surface area contributed by atoms with E-state index in [1.54, 1.807) is 0 Å². The minimum atomic E-state index is 0.347. The highest BCUT2D eigenvalue weighted by molar-refractivity contribution is 5.76. The van der Waals surface area contributed by atoms with Crippen molar-refractivity contribution >= 4 is 5.91 Å². The Morgan fingerprint density at radius 2 is 1.63 bits per heavy atom.